The Morgan fingerprint density at radius 3 is 1.95 bits per heavy atom. The van der Waals surface area contributed by atoms with Gasteiger partial charge < -0.3 is 13.7 Å². The summed E-state index contributed by atoms with van der Waals surface area (Å²) in [6, 6.07) is 60.1. The van der Waals surface area contributed by atoms with Crippen LogP contribution in [0.3, 0.4) is 0 Å². The fourth-order valence-electron chi connectivity index (χ4n) is 8.13. The number of aromatic nitrogens is 1. The van der Waals surface area contributed by atoms with E-state index in [0.29, 0.717) is 0 Å². The van der Waals surface area contributed by atoms with E-state index < -0.39 is 0 Å². The molecule has 8 aromatic carbocycles. The number of hydrogen-bond donors (Lipinski definition) is 0. The lowest BCUT2D eigenvalue weighted by Crippen LogP contribution is -2.09. The number of thiazole rings is 1. The van der Waals surface area contributed by atoms with Crippen LogP contribution in [0.2, 0.25) is 0 Å². The third-order valence-corrected chi connectivity index (χ3v) is 13.0. The van der Waals surface area contributed by atoms with Crippen molar-refractivity contribution < 1.29 is 8.83 Å². The van der Waals surface area contributed by atoms with Gasteiger partial charge >= 0.3 is 0 Å². The molecule has 12 aromatic rings. The molecular formula is C49H28N2O2S2. The van der Waals surface area contributed by atoms with Crippen LogP contribution in [-0.4, -0.2) is 4.98 Å². The van der Waals surface area contributed by atoms with E-state index in [2.05, 4.69) is 150 Å². The molecule has 0 aliphatic heterocycles. The minimum atomic E-state index is 0.877. The average Bonchev–Trinajstić information content (AvgIpc) is 4.02. The molecule has 4 aromatic heterocycles. The molecule has 6 heteroatoms. The number of benzene rings is 8. The summed E-state index contributed by atoms with van der Waals surface area (Å²) in [4.78, 5) is 7.52. The molecule has 12 rings (SSSR count). The Hall–Kier alpha value is -6.73. The number of anilines is 3. The second-order valence-electron chi connectivity index (χ2n) is 13.9. The standard InChI is InChI=1S/C49H28N2O2S2/c1-2-10-30(11-3-1)49-50-40-28-38(47-46(48(40)55-49)37-14-5-8-16-42(37)53-47)29-18-20-31(21-19-29)51(32-23-25-43-39(26-32)34-12-4-7-15-41(34)52-43)33-22-24-36-35-13-6-9-17-44(35)54-45(36)27-33/h1-28H. The summed E-state index contributed by atoms with van der Waals surface area (Å²) in [5, 5.41) is 8.00. The number of para-hydroxylation sites is 2. The smallest absolute Gasteiger partial charge is 0.144 e. The van der Waals surface area contributed by atoms with Gasteiger partial charge in [-0.05, 0) is 72.3 Å². The highest BCUT2D eigenvalue weighted by atomic mass is 32.1. The molecule has 0 atom stereocenters. The molecule has 0 aliphatic rings. The van der Waals surface area contributed by atoms with Gasteiger partial charge in [0.05, 0.1) is 10.2 Å². The third kappa shape index (κ3) is 4.79. The zero-order chi connectivity index (χ0) is 36.0. The molecule has 0 fully saturated rings. The number of furan rings is 2. The summed E-state index contributed by atoms with van der Waals surface area (Å²) in [5.41, 5.74) is 10.9. The lowest BCUT2D eigenvalue weighted by atomic mass is 10.0. The molecule has 0 saturated carbocycles. The highest BCUT2D eigenvalue weighted by Crippen LogP contribution is 2.46. The van der Waals surface area contributed by atoms with Crippen LogP contribution in [0.5, 0.6) is 0 Å². The van der Waals surface area contributed by atoms with E-state index in [-0.39, 0.29) is 0 Å². The molecule has 258 valence electrons. The minimum Gasteiger partial charge on any atom is -0.456 e. The number of rotatable bonds is 5. The second kappa shape index (κ2) is 11.9. The van der Waals surface area contributed by atoms with Crippen molar-refractivity contribution in [3.05, 3.63) is 170 Å². The molecule has 4 nitrogen and oxygen atoms in total. The summed E-state index contributed by atoms with van der Waals surface area (Å²) >= 11 is 3.56. The molecule has 0 N–H and O–H groups in total. The van der Waals surface area contributed by atoms with Gasteiger partial charge in [0.15, 0.2) is 0 Å². The summed E-state index contributed by atoms with van der Waals surface area (Å²) < 4.78 is 16.6. The molecule has 0 saturated heterocycles. The zero-order valence-corrected chi connectivity index (χ0v) is 30.8. The molecule has 0 unspecified atom stereocenters. The summed E-state index contributed by atoms with van der Waals surface area (Å²) in [6.45, 7) is 0. The molecule has 4 heterocycles. The predicted octanol–water partition coefficient (Wildman–Crippen LogP) is 15.3. The van der Waals surface area contributed by atoms with Gasteiger partial charge in [-0.15, -0.1) is 22.7 Å². The van der Waals surface area contributed by atoms with Crippen LogP contribution in [0.25, 0.3) is 96.0 Å². The van der Waals surface area contributed by atoms with Gasteiger partial charge in [0.2, 0.25) is 0 Å². The van der Waals surface area contributed by atoms with Gasteiger partial charge in [0.1, 0.15) is 27.3 Å². The molecule has 0 bridgehead atoms. The van der Waals surface area contributed by atoms with Crippen molar-refractivity contribution in [3.8, 4) is 21.7 Å². The van der Waals surface area contributed by atoms with E-state index in [1.54, 1.807) is 11.3 Å². The maximum atomic E-state index is 6.67. The van der Waals surface area contributed by atoms with E-state index in [4.69, 9.17) is 13.8 Å². The van der Waals surface area contributed by atoms with Crippen LogP contribution in [0.15, 0.2) is 179 Å². The molecule has 0 aliphatic carbocycles. The van der Waals surface area contributed by atoms with E-state index in [1.807, 2.05) is 35.6 Å². The normalized spacial score (nSPS) is 12.0. The van der Waals surface area contributed by atoms with Crippen LogP contribution < -0.4 is 4.90 Å². The lowest BCUT2D eigenvalue weighted by Gasteiger charge is -2.26. The van der Waals surface area contributed by atoms with Gasteiger partial charge in [0.25, 0.3) is 0 Å². The summed E-state index contributed by atoms with van der Waals surface area (Å²) in [5.74, 6) is 0. The fraction of sp³-hybridized carbons (Fsp3) is 0. The van der Waals surface area contributed by atoms with Crippen LogP contribution in [-0.2, 0) is 0 Å². The Labute approximate surface area is 322 Å². The Kier molecular flexibility index (Phi) is 6.64. The van der Waals surface area contributed by atoms with E-state index in [1.165, 1.54) is 20.2 Å². The average molecular weight is 741 g/mol. The number of thiophene rings is 1. The van der Waals surface area contributed by atoms with Crippen molar-refractivity contribution in [2.75, 3.05) is 4.90 Å². The second-order valence-corrected chi connectivity index (χ2v) is 16.0. The lowest BCUT2D eigenvalue weighted by molar-refractivity contribution is 0.669. The first-order chi connectivity index (χ1) is 27.2. The van der Waals surface area contributed by atoms with Crippen molar-refractivity contribution in [3.63, 3.8) is 0 Å². The van der Waals surface area contributed by atoms with E-state index in [0.717, 1.165) is 92.9 Å². The van der Waals surface area contributed by atoms with Crippen molar-refractivity contribution in [1.29, 1.82) is 0 Å². The van der Waals surface area contributed by atoms with Crippen molar-refractivity contribution in [2.24, 2.45) is 0 Å². The molecule has 0 spiro atoms. The predicted molar refractivity (Wildman–Crippen MR) is 233 cm³/mol. The van der Waals surface area contributed by atoms with Crippen LogP contribution in [0, 0.1) is 0 Å². The first kappa shape index (κ1) is 30.7. The number of fused-ring (bicyclic) bond motifs is 11. The van der Waals surface area contributed by atoms with Gasteiger partial charge in [-0.2, -0.15) is 0 Å². The van der Waals surface area contributed by atoms with Crippen molar-refractivity contribution >= 4 is 114 Å². The summed E-state index contributed by atoms with van der Waals surface area (Å²) in [7, 11) is 0. The maximum absolute atomic E-state index is 6.67. The molecule has 0 radical (unpaired) electrons. The first-order valence-corrected chi connectivity index (χ1v) is 19.9. The minimum absolute atomic E-state index is 0.877. The maximum Gasteiger partial charge on any atom is 0.144 e. The highest BCUT2D eigenvalue weighted by Gasteiger charge is 2.21. The van der Waals surface area contributed by atoms with Crippen LogP contribution in [0.1, 0.15) is 0 Å². The van der Waals surface area contributed by atoms with Gasteiger partial charge in [-0.3, -0.25) is 0 Å². The fourth-order valence-corrected chi connectivity index (χ4v) is 10.4. The Morgan fingerprint density at radius 1 is 0.436 bits per heavy atom. The Bertz CT molecular complexity index is 3440. The first-order valence-electron chi connectivity index (χ1n) is 18.3. The Balaban J connectivity index is 1.04. The SMILES string of the molecule is c1ccc(-c2nc3cc(-c4ccc(N(c5ccc6c(c5)sc5ccccc56)c5ccc6oc7ccccc7c6c5)cc4)c4oc5ccccc5c4c3s2)cc1. The zero-order valence-electron chi connectivity index (χ0n) is 29.2. The summed E-state index contributed by atoms with van der Waals surface area (Å²) in [6.07, 6.45) is 0. The number of hydrogen-bond acceptors (Lipinski definition) is 6. The topological polar surface area (TPSA) is 42.4 Å². The van der Waals surface area contributed by atoms with Crippen molar-refractivity contribution in [2.45, 2.75) is 0 Å². The Morgan fingerprint density at radius 2 is 1.09 bits per heavy atom. The quantitative estimate of drug-likeness (QED) is 0.176. The third-order valence-electron chi connectivity index (χ3n) is 10.7. The molecular weight excluding hydrogens is 713 g/mol. The van der Waals surface area contributed by atoms with Crippen LogP contribution >= 0.6 is 22.7 Å². The van der Waals surface area contributed by atoms with Gasteiger partial charge in [-0.25, -0.2) is 4.98 Å². The highest BCUT2D eigenvalue weighted by molar-refractivity contribution is 7.25. The van der Waals surface area contributed by atoms with E-state index in [9.17, 15) is 0 Å². The van der Waals surface area contributed by atoms with E-state index >= 15 is 0 Å². The van der Waals surface area contributed by atoms with Gasteiger partial charge in [0, 0.05) is 69.9 Å². The number of nitrogens with zero attached hydrogens (tertiary/aromatic N) is 2. The van der Waals surface area contributed by atoms with Gasteiger partial charge in [-0.1, -0.05) is 103 Å². The van der Waals surface area contributed by atoms with Crippen molar-refractivity contribution in [1.82, 2.24) is 4.98 Å². The molecule has 55 heavy (non-hydrogen) atoms. The monoisotopic (exact) mass is 740 g/mol. The largest absolute Gasteiger partial charge is 0.456 e. The molecule has 0 amide bonds. The van der Waals surface area contributed by atoms with Crippen LogP contribution in [0.4, 0.5) is 17.1 Å².